The second-order valence-corrected chi connectivity index (χ2v) is 6.65. The molecule has 1 aromatic heterocycles. The molecule has 1 aromatic rings. The van der Waals surface area contributed by atoms with Gasteiger partial charge in [0.25, 0.3) is 0 Å². The Bertz CT molecular complexity index is 456. The van der Waals surface area contributed by atoms with Gasteiger partial charge in [-0.15, -0.1) is 10.2 Å². The molecule has 20 heavy (non-hydrogen) atoms. The summed E-state index contributed by atoms with van der Waals surface area (Å²) < 4.78 is 0. The fraction of sp³-hybridized carbons (Fsp3) is 0.667. The molecule has 0 spiro atoms. The van der Waals surface area contributed by atoms with Gasteiger partial charge >= 0.3 is 0 Å². The summed E-state index contributed by atoms with van der Waals surface area (Å²) in [7, 11) is 0. The molecule has 0 atom stereocenters. The number of carbonyl (C=O) groups excluding carboxylic acids is 1. The van der Waals surface area contributed by atoms with Gasteiger partial charge in [-0.3, -0.25) is 4.79 Å². The number of hydrogen-bond donors (Lipinski definition) is 1. The largest absolute Gasteiger partial charge is 0.355 e. The van der Waals surface area contributed by atoms with Gasteiger partial charge in [-0.25, -0.2) is 0 Å². The van der Waals surface area contributed by atoms with Gasteiger partial charge in [0.1, 0.15) is 0 Å². The molecular weight excluding hydrogens is 252 g/mol. The van der Waals surface area contributed by atoms with Gasteiger partial charge in [0.2, 0.25) is 5.91 Å². The van der Waals surface area contributed by atoms with Crippen molar-refractivity contribution in [2.75, 3.05) is 23.3 Å². The molecule has 1 saturated heterocycles. The molecule has 0 saturated carbocycles. The van der Waals surface area contributed by atoms with Crippen molar-refractivity contribution in [3.8, 4) is 0 Å². The van der Waals surface area contributed by atoms with Gasteiger partial charge in [0.15, 0.2) is 11.6 Å². The summed E-state index contributed by atoms with van der Waals surface area (Å²) in [6, 6.07) is 3.76. The monoisotopic (exact) mass is 276 g/mol. The summed E-state index contributed by atoms with van der Waals surface area (Å²) in [6.07, 6.45) is 2.40. The van der Waals surface area contributed by atoms with Crippen molar-refractivity contribution >= 4 is 17.5 Å². The minimum Gasteiger partial charge on any atom is -0.355 e. The molecule has 2 rings (SSSR count). The average molecular weight is 276 g/mol. The van der Waals surface area contributed by atoms with Gasteiger partial charge in [0.05, 0.1) is 0 Å². The van der Waals surface area contributed by atoms with Crippen LogP contribution in [-0.2, 0) is 4.79 Å². The van der Waals surface area contributed by atoms with Crippen LogP contribution < -0.4 is 10.2 Å². The van der Waals surface area contributed by atoms with E-state index in [1.807, 2.05) is 32.9 Å². The molecule has 1 aliphatic heterocycles. The lowest BCUT2D eigenvalue weighted by Gasteiger charge is -2.30. The van der Waals surface area contributed by atoms with Crippen LogP contribution in [0.3, 0.4) is 0 Å². The molecule has 1 amide bonds. The minimum absolute atomic E-state index is 0.0497. The first-order chi connectivity index (χ1) is 9.36. The van der Waals surface area contributed by atoms with Gasteiger partial charge in [-0.1, -0.05) is 27.7 Å². The fourth-order valence-corrected chi connectivity index (χ4v) is 2.10. The topological polar surface area (TPSA) is 58.1 Å². The third-order valence-corrected chi connectivity index (χ3v) is 3.68. The molecule has 110 valence electrons. The SMILES string of the molecule is CC1CCN(c2ccc(NC(=O)C(C)(C)C)nn2)CC1. The predicted molar refractivity (Wildman–Crippen MR) is 80.7 cm³/mol. The van der Waals surface area contributed by atoms with Gasteiger partial charge in [-0.2, -0.15) is 0 Å². The molecule has 1 aliphatic rings. The number of anilines is 2. The van der Waals surface area contributed by atoms with Crippen molar-refractivity contribution in [3.05, 3.63) is 12.1 Å². The Balaban J connectivity index is 1.98. The number of piperidine rings is 1. The predicted octanol–water partition coefficient (Wildman–Crippen LogP) is 2.70. The van der Waals surface area contributed by atoms with E-state index in [0.29, 0.717) is 5.82 Å². The molecule has 0 aliphatic carbocycles. The maximum atomic E-state index is 11.9. The van der Waals surface area contributed by atoms with Crippen LogP contribution in [0.4, 0.5) is 11.6 Å². The molecule has 0 aromatic carbocycles. The molecular formula is C15H24N4O. The summed E-state index contributed by atoms with van der Waals surface area (Å²) >= 11 is 0. The summed E-state index contributed by atoms with van der Waals surface area (Å²) in [5.74, 6) is 2.15. The normalized spacial score (nSPS) is 17.1. The second-order valence-electron chi connectivity index (χ2n) is 6.65. The Hall–Kier alpha value is -1.65. The van der Waals surface area contributed by atoms with Crippen molar-refractivity contribution < 1.29 is 4.79 Å². The minimum atomic E-state index is -0.427. The molecule has 2 heterocycles. The third kappa shape index (κ3) is 3.68. The molecule has 0 bridgehead atoms. The van der Waals surface area contributed by atoms with Crippen molar-refractivity contribution in [1.29, 1.82) is 0 Å². The molecule has 5 nitrogen and oxygen atoms in total. The zero-order valence-electron chi connectivity index (χ0n) is 12.8. The van der Waals surface area contributed by atoms with E-state index in [4.69, 9.17) is 0 Å². The zero-order chi connectivity index (χ0) is 14.8. The zero-order valence-corrected chi connectivity index (χ0v) is 12.8. The van der Waals surface area contributed by atoms with Crippen LogP contribution in [-0.4, -0.2) is 29.2 Å². The van der Waals surface area contributed by atoms with E-state index in [1.165, 1.54) is 12.8 Å². The van der Waals surface area contributed by atoms with Gasteiger partial charge in [0, 0.05) is 18.5 Å². The number of rotatable bonds is 2. The third-order valence-electron chi connectivity index (χ3n) is 3.68. The first-order valence-corrected chi connectivity index (χ1v) is 7.26. The van der Waals surface area contributed by atoms with Crippen LogP contribution in [0.1, 0.15) is 40.5 Å². The highest BCUT2D eigenvalue weighted by atomic mass is 16.2. The van der Waals surface area contributed by atoms with Crippen molar-refractivity contribution in [1.82, 2.24) is 10.2 Å². The number of nitrogens with one attached hydrogen (secondary N) is 1. The highest BCUT2D eigenvalue weighted by Crippen LogP contribution is 2.22. The molecule has 1 fully saturated rings. The van der Waals surface area contributed by atoms with Gasteiger partial charge < -0.3 is 10.2 Å². The Labute approximate surface area is 120 Å². The quantitative estimate of drug-likeness (QED) is 0.902. The number of carbonyl (C=O) groups is 1. The number of hydrogen-bond acceptors (Lipinski definition) is 4. The number of amides is 1. The smallest absolute Gasteiger partial charge is 0.230 e. The Morgan fingerprint density at radius 2 is 1.90 bits per heavy atom. The van der Waals surface area contributed by atoms with E-state index in [9.17, 15) is 4.79 Å². The number of aromatic nitrogens is 2. The average Bonchev–Trinajstić information content (AvgIpc) is 2.39. The first kappa shape index (κ1) is 14.8. The lowest BCUT2D eigenvalue weighted by molar-refractivity contribution is -0.123. The molecule has 1 N–H and O–H groups in total. The van der Waals surface area contributed by atoms with E-state index in [2.05, 4.69) is 27.3 Å². The van der Waals surface area contributed by atoms with Crippen molar-refractivity contribution in [3.63, 3.8) is 0 Å². The first-order valence-electron chi connectivity index (χ1n) is 7.26. The van der Waals surface area contributed by atoms with Crippen molar-refractivity contribution in [2.24, 2.45) is 11.3 Å². The van der Waals surface area contributed by atoms with Crippen LogP contribution in [0, 0.1) is 11.3 Å². The molecule has 0 radical (unpaired) electrons. The van der Waals surface area contributed by atoms with E-state index in [-0.39, 0.29) is 5.91 Å². The highest BCUT2D eigenvalue weighted by Gasteiger charge is 2.22. The number of nitrogens with zero attached hydrogens (tertiary/aromatic N) is 3. The van der Waals surface area contributed by atoms with Crippen LogP contribution in [0.2, 0.25) is 0 Å². The van der Waals surface area contributed by atoms with Crippen molar-refractivity contribution in [2.45, 2.75) is 40.5 Å². The Morgan fingerprint density at radius 1 is 1.25 bits per heavy atom. The summed E-state index contributed by atoms with van der Waals surface area (Å²) in [5.41, 5.74) is -0.427. The summed E-state index contributed by atoms with van der Waals surface area (Å²) in [6.45, 7) is 9.97. The highest BCUT2D eigenvalue weighted by molar-refractivity contribution is 5.93. The van der Waals surface area contributed by atoms with Crippen LogP contribution >= 0.6 is 0 Å². The van der Waals surface area contributed by atoms with Crippen LogP contribution in [0.25, 0.3) is 0 Å². The Morgan fingerprint density at radius 3 is 2.40 bits per heavy atom. The summed E-state index contributed by atoms with van der Waals surface area (Å²) in [4.78, 5) is 14.1. The molecule has 0 unspecified atom stereocenters. The van der Waals surface area contributed by atoms with E-state index in [0.717, 1.165) is 24.8 Å². The standard InChI is InChI=1S/C15H24N4O/c1-11-7-9-19(10-8-11)13-6-5-12(17-18-13)16-14(20)15(2,3)4/h5-6,11H,7-10H2,1-4H3,(H,16,17,20). The lowest BCUT2D eigenvalue weighted by Crippen LogP contribution is -2.33. The second kappa shape index (κ2) is 5.77. The maximum Gasteiger partial charge on any atom is 0.230 e. The van der Waals surface area contributed by atoms with E-state index in [1.54, 1.807) is 0 Å². The lowest BCUT2D eigenvalue weighted by atomic mass is 9.96. The Kier molecular flexibility index (Phi) is 4.26. The van der Waals surface area contributed by atoms with Crippen LogP contribution in [0.15, 0.2) is 12.1 Å². The summed E-state index contributed by atoms with van der Waals surface area (Å²) in [5, 5.41) is 11.1. The molecule has 5 heteroatoms. The van der Waals surface area contributed by atoms with Crippen LogP contribution in [0.5, 0.6) is 0 Å². The fourth-order valence-electron chi connectivity index (χ4n) is 2.10. The van der Waals surface area contributed by atoms with E-state index >= 15 is 0 Å². The maximum absolute atomic E-state index is 11.9. The van der Waals surface area contributed by atoms with Gasteiger partial charge in [-0.05, 0) is 30.9 Å². The van der Waals surface area contributed by atoms with E-state index < -0.39 is 5.41 Å².